The van der Waals surface area contributed by atoms with E-state index in [4.69, 9.17) is 0 Å². The van der Waals surface area contributed by atoms with Crippen molar-refractivity contribution in [2.24, 2.45) is 5.92 Å². The summed E-state index contributed by atoms with van der Waals surface area (Å²) >= 11 is 0. The lowest BCUT2D eigenvalue weighted by Gasteiger charge is -2.13. The van der Waals surface area contributed by atoms with Crippen LogP contribution in [0.4, 0.5) is 13.2 Å². The van der Waals surface area contributed by atoms with E-state index in [0.29, 0.717) is 25.1 Å². The number of carbonyl (C=O) groups is 1. The fraction of sp³-hybridized carbons (Fsp3) is 0.500. The SMILES string of the molecule is CNCCNC(=O)C(C)Cc1ccc(C(F)(F)F)cc1.Cl. The Morgan fingerprint density at radius 2 is 1.76 bits per heavy atom. The van der Waals surface area contributed by atoms with E-state index >= 15 is 0 Å². The average molecular weight is 325 g/mol. The molecule has 1 aromatic carbocycles. The van der Waals surface area contributed by atoms with Gasteiger partial charge in [0.05, 0.1) is 5.56 Å². The zero-order chi connectivity index (χ0) is 15.2. The summed E-state index contributed by atoms with van der Waals surface area (Å²) in [4.78, 5) is 11.7. The van der Waals surface area contributed by atoms with Gasteiger partial charge >= 0.3 is 6.18 Å². The molecule has 2 N–H and O–H groups in total. The van der Waals surface area contributed by atoms with Crippen LogP contribution in [0.15, 0.2) is 24.3 Å². The molecule has 0 saturated carbocycles. The molecule has 0 spiro atoms. The predicted molar refractivity (Wildman–Crippen MR) is 78.5 cm³/mol. The number of benzene rings is 1. The third-order valence-electron chi connectivity index (χ3n) is 2.94. The molecule has 0 aliphatic heterocycles. The van der Waals surface area contributed by atoms with Gasteiger partial charge in [0.25, 0.3) is 0 Å². The maximum Gasteiger partial charge on any atom is 0.416 e. The number of hydrogen-bond acceptors (Lipinski definition) is 2. The van der Waals surface area contributed by atoms with Crippen molar-refractivity contribution < 1.29 is 18.0 Å². The van der Waals surface area contributed by atoms with E-state index in [1.165, 1.54) is 12.1 Å². The van der Waals surface area contributed by atoms with Crippen LogP contribution in [0.1, 0.15) is 18.1 Å². The second-order valence-corrected chi connectivity index (χ2v) is 4.69. The van der Waals surface area contributed by atoms with Crippen molar-refractivity contribution in [1.29, 1.82) is 0 Å². The molecule has 0 fully saturated rings. The Morgan fingerprint density at radius 3 is 2.24 bits per heavy atom. The smallest absolute Gasteiger partial charge is 0.355 e. The molecule has 1 atom stereocenters. The third-order valence-corrected chi connectivity index (χ3v) is 2.94. The summed E-state index contributed by atoms with van der Waals surface area (Å²) in [5, 5.41) is 5.67. The maximum absolute atomic E-state index is 12.4. The molecule has 3 nitrogen and oxygen atoms in total. The fourth-order valence-corrected chi connectivity index (χ4v) is 1.76. The van der Waals surface area contributed by atoms with Gasteiger partial charge in [-0.15, -0.1) is 12.4 Å². The summed E-state index contributed by atoms with van der Waals surface area (Å²) in [6.07, 6.45) is -3.90. The predicted octanol–water partition coefficient (Wildman–Crippen LogP) is 2.64. The number of likely N-dealkylation sites (N-methyl/N-ethyl adjacent to an activating group) is 1. The number of hydrogen-bond donors (Lipinski definition) is 2. The van der Waals surface area contributed by atoms with E-state index in [9.17, 15) is 18.0 Å². The van der Waals surface area contributed by atoms with Gasteiger partial charge in [-0.25, -0.2) is 0 Å². The van der Waals surface area contributed by atoms with Crippen LogP contribution < -0.4 is 10.6 Å². The average Bonchev–Trinajstić information content (AvgIpc) is 2.38. The first-order valence-corrected chi connectivity index (χ1v) is 6.43. The Hall–Kier alpha value is -1.27. The maximum atomic E-state index is 12.4. The molecule has 1 amide bonds. The summed E-state index contributed by atoms with van der Waals surface area (Å²) in [6.45, 7) is 2.97. The first-order valence-electron chi connectivity index (χ1n) is 6.43. The highest BCUT2D eigenvalue weighted by Gasteiger charge is 2.30. The van der Waals surface area contributed by atoms with Gasteiger partial charge in [0, 0.05) is 19.0 Å². The molecule has 120 valence electrons. The quantitative estimate of drug-likeness (QED) is 0.790. The monoisotopic (exact) mass is 324 g/mol. The summed E-state index contributed by atoms with van der Waals surface area (Å²) in [5.74, 6) is -0.372. The Morgan fingerprint density at radius 1 is 1.19 bits per heavy atom. The molecular formula is C14H20ClF3N2O. The molecule has 7 heteroatoms. The highest BCUT2D eigenvalue weighted by Crippen LogP contribution is 2.29. The molecule has 1 aromatic rings. The summed E-state index contributed by atoms with van der Waals surface area (Å²) in [6, 6.07) is 4.92. The van der Waals surface area contributed by atoms with Gasteiger partial charge in [0.1, 0.15) is 0 Å². The summed E-state index contributed by atoms with van der Waals surface area (Å²) < 4.78 is 37.2. The lowest BCUT2D eigenvalue weighted by atomic mass is 9.99. The molecule has 21 heavy (non-hydrogen) atoms. The van der Waals surface area contributed by atoms with Gasteiger partial charge in [0.2, 0.25) is 5.91 Å². The lowest BCUT2D eigenvalue weighted by Crippen LogP contribution is -2.34. The summed E-state index contributed by atoms with van der Waals surface area (Å²) in [5.41, 5.74) is 0.0432. The fourth-order valence-electron chi connectivity index (χ4n) is 1.76. The number of nitrogens with one attached hydrogen (secondary N) is 2. The lowest BCUT2D eigenvalue weighted by molar-refractivity contribution is -0.137. The van der Waals surface area contributed by atoms with Crippen LogP contribution in [0.2, 0.25) is 0 Å². The van der Waals surface area contributed by atoms with E-state index in [1.807, 2.05) is 0 Å². The van der Waals surface area contributed by atoms with Crippen molar-refractivity contribution in [2.45, 2.75) is 19.5 Å². The standard InChI is InChI=1S/C14H19F3N2O.ClH/c1-10(13(20)19-8-7-18-2)9-11-3-5-12(6-4-11)14(15,16)17;/h3-6,10,18H,7-9H2,1-2H3,(H,19,20);1H. The van der Waals surface area contributed by atoms with Crippen LogP contribution >= 0.6 is 12.4 Å². The molecule has 0 aromatic heterocycles. The second-order valence-electron chi connectivity index (χ2n) is 4.69. The highest BCUT2D eigenvalue weighted by molar-refractivity contribution is 5.85. The van der Waals surface area contributed by atoms with E-state index in [0.717, 1.165) is 12.1 Å². The Kier molecular flexibility index (Phi) is 8.36. The van der Waals surface area contributed by atoms with Crippen LogP contribution in [0, 0.1) is 5.92 Å². The largest absolute Gasteiger partial charge is 0.416 e. The third kappa shape index (κ3) is 6.82. The van der Waals surface area contributed by atoms with Gasteiger partial charge < -0.3 is 10.6 Å². The van der Waals surface area contributed by atoms with E-state index in [2.05, 4.69) is 10.6 Å². The Balaban J connectivity index is 0.00000400. The van der Waals surface area contributed by atoms with Gasteiger partial charge in [-0.3, -0.25) is 4.79 Å². The zero-order valence-electron chi connectivity index (χ0n) is 12.0. The zero-order valence-corrected chi connectivity index (χ0v) is 12.8. The molecule has 1 rings (SSSR count). The van der Waals surface area contributed by atoms with Crippen molar-refractivity contribution in [3.8, 4) is 0 Å². The van der Waals surface area contributed by atoms with Crippen LogP contribution in [-0.2, 0) is 17.4 Å². The number of halogens is 4. The van der Waals surface area contributed by atoms with Gasteiger partial charge in [-0.1, -0.05) is 19.1 Å². The first-order chi connectivity index (χ1) is 9.34. The van der Waals surface area contributed by atoms with Crippen LogP contribution in [-0.4, -0.2) is 26.0 Å². The van der Waals surface area contributed by atoms with Crippen molar-refractivity contribution in [3.63, 3.8) is 0 Å². The second kappa shape index (κ2) is 8.89. The normalized spacial score (nSPS) is 12.4. The number of amides is 1. The molecule has 0 saturated heterocycles. The van der Waals surface area contributed by atoms with Gasteiger partial charge in [-0.05, 0) is 31.2 Å². The Labute approximate surface area is 128 Å². The van der Waals surface area contributed by atoms with Crippen molar-refractivity contribution >= 4 is 18.3 Å². The van der Waals surface area contributed by atoms with Crippen molar-refractivity contribution in [2.75, 3.05) is 20.1 Å². The minimum absolute atomic E-state index is 0. The van der Waals surface area contributed by atoms with E-state index in [1.54, 1.807) is 14.0 Å². The van der Waals surface area contributed by atoms with E-state index < -0.39 is 11.7 Å². The molecule has 0 aliphatic carbocycles. The molecule has 0 aliphatic rings. The minimum Gasteiger partial charge on any atom is -0.355 e. The number of rotatable bonds is 6. The van der Waals surface area contributed by atoms with Crippen molar-refractivity contribution in [3.05, 3.63) is 35.4 Å². The minimum atomic E-state index is -4.32. The first kappa shape index (κ1) is 19.7. The highest BCUT2D eigenvalue weighted by atomic mass is 35.5. The van der Waals surface area contributed by atoms with Crippen molar-refractivity contribution in [1.82, 2.24) is 10.6 Å². The van der Waals surface area contributed by atoms with E-state index in [-0.39, 0.29) is 24.2 Å². The number of alkyl halides is 3. The molecule has 0 bridgehead atoms. The molecule has 0 radical (unpaired) electrons. The van der Waals surface area contributed by atoms with Crippen LogP contribution in [0.25, 0.3) is 0 Å². The summed E-state index contributed by atoms with van der Waals surface area (Å²) in [7, 11) is 1.79. The van der Waals surface area contributed by atoms with Crippen LogP contribution in [0.3, 0.4) is 0 Å². The van der Waals surface area contributed by atoms with Gasteiger partial charge in [-0.2, -0.15) is 13.2 Å². The molecule has 0 heterocycles. The molecular weight excluding hydrogens is 305 g/mol. The van der Waals surface area contributed by atoms with Crippen LogP contribution in [0.5, 0.6) is 0 Å². The van der Waals surface area contributed by atoms with Gasteiger partial charge in [0.15, 0.2) is 0 Å². The topological polar surface area (TPSA) is 41.1 Å². The Bertz CT molecular complexity index is 435. The number of carbonyl (C=O) groups excluding carboxylic acids is 1. The molecule has 1 unspecified atom stereocenters.